The number of halogens is 1. The van der Waals surface area contributed by atoms with Gasteiger partial charge in [0.2, 0.25) is 0 Å². The van der Waals surface area contributed by atoms with E-state index in [-0.39, 0.29) is 12.1 Å². The molecule has 1 aromatic carbocycles. The van der Waals surface area contributed by atoms with Crippen molar-refractivity contribution in [2.24, 2.45) is 0 Å². The third-order valence-corrected chi connectivity index (χ3v) is 2.77. The Hall–Kier alpha value is -2.44. The van der Waals surface area contributed by atoms with Gasteiger partial charge in [0.15, 0.2) is 0 Å². The molecule has 3 amide bonds. The number of amides is 3. The number of hydrogen-bond donors (Lipinski definition) is 2. The molecule has 100 valence electrons. The highest BCUT2D eigenvalue weighted by Gasteiger charge is 2.39. The zero-order chi connectivity index (χ0) is 14.0. The number of carbonyl (C=O) groups excluding carboxylic acids is 2. The van der Waals surface area contributed by atoms with E-state index in [4.69, 9.17) is 5.11 Å². The van der Waals surface area contributed by atoms with Crippen molar-refractivity contribution < 1.29 is 23.9 Å². The van der Waals surface area contributed by atoms with Crippen LogP contribution in [-0.2, 0) is 16.1 Å². The summed E-state index contributed by atoms with van der Waals surface area (Å²) in [5.41, 5.74) is 0.196. The van der Waals surface area contributed by atoms with E-state index in [0.717, 1.165) is 4.90 Å². The molecule has 2 rings (SSSR count). The molecule has 0 bridgehead atoms. The molecule has 19 heavy (non-hydrogen) atoms. The van der Waals surface area contributed by atoms with Gasteiger partial charge in [-0.05, 0) is 6.07 Å². The van der Waals surface area contributed by atoms with E-state index in [1.165, 1.54) is 18.2 Å². The van der Waals surface area contributed by atoms with Crippen molar-refractivity contribution in [3.05, 3.63) is 35.6 Å². The summed E-state index contributed by atoms with van der Waals surface area (Å²) < 4.78 is 13.4. The maximum absolute atomic E-state index is 13.4. The third-order valence-electron chi connectivity index (χ3n) is 2.77. The highest BCUT2D eigenvalue weighted by atomic mass is 19.1. The number of benzene rings is 1. The summed E-state index contributed by atoms with van der Waals surface area (Å²) in [4.78, 5) is 34.8. The number of rotatable bonds is 4. The van der Waals surface area contributed by atoms with E-state index < -0.39 is 36.2 Å². The van der Waals surface area contributed by atoms with Gasteiger partial charge in [-0.2, -0.15) is 0 Å². The molecule has 7 heteroatoms. The van der Waals surface area contributed by atoms with Crippen LogP contribution in [0.15, 0.2) is 24.3 Å². The first-order valence-electron chi connectivity index (χ1n) is 5.56. The molecule has 0 unspecified atom stereocenters. The molecule has 0 aliphatic carbocycles. The van der Waals surface area contributed by atoms with Gasteiger partial charge in [-0.3, -0.25) is 14.5 Å². The van der Waals surface area contributed by atoms with Gasteiger partial charge >= 0.3 is 12.0 Å². The highest BCUT2D eigenvalue weighted by molar-refractivity contribution is 6.05. The molecular formula is C12H11FN2O4. The van der Waals surface area contributed by atoms with Crippen LogP contribution in [0.4, 0.5) is 9.18 Å². The number of aliphatic carboxylic acids is 1. The number of carboxylic acid groups (broad SMARTS) is 1. The predicted octanol–water partition coefficient (Wildman–Crippen LogP) is 0.721. The SMILES string of the molecule is O=C(O)C[C@@H]1NC(=O)N(Cc2ccccc2F)C1=O. The minimum absolute atomic E-state index is 0.196. The summed E-state index contributed by atoms with van der Waals surface area (Å²) in [5.74, 6) is -2.37. The number of nitrogens with one attached hydrogen (secondary N) is 1. The fourth-order valence-electron chi connectivity index (χ4n) is 1.84. The first kappa shape index (κ1) is 13.0. The molecule has 0 spiro atoms. The predicted molar refractivity (Wildman–Crippen MR) is 61.5 cm³/mol. The van der Waals surface area contributed by atoms with Crippen molar-refractivity contribution in [1.29, 1.82) is 0 Å². The normalized spacial score (nSPS) is 18.6. The fourth-order valence-corrected chi connectivity index (χ4v) is 1.84. The topological polar surface area (TPSA) is 86.7 Å². The van der Waals surface area contributed by atoms with Crippen LogP contribution in [0.3, 0.4) is 0 Å². The van der Waals surface area contributed by atoms with Gasteiger partial charge in [0.25, 0.3) is 5.91 Å². The summed E-state index contributed by atoms with van der Waals surface area (Å²) >= 11 is 0. The Balaban J connectivity index is 2.13. The fraction of sp³-hybridized carbons (Fsp3) is 0.250. The maximum atomic E-state index is 13.4. The smallest absolute Gasteiger partial charge is 0.325 e. The molecule has 2 N–H and O–H groups in total. The first-order valence-corrected chi connectivity index (χ1v) is 5.56. The second-order valence-corrected chi connectivity index (χ2v) is 4.12. The molecule has 0 radical (unpaired) electrons. The first-order chi connectivity index (χ1) is 8.99. The van der Waals surface area contributed by atoms with Crippen LogP contribution >= 0.6 is 0 Å². The summed E-state index contributed by atoms with van der Waals surface area (Å²) in [6, 6.07) is 3.98. The van der Waals surface area contributed by atoms with Gasteiger partial charge in [-0.25, -0.2) is 9.18 Å². The maximum Gasteiger partial charge on any atom is 0.325 e. The lowest BCUT2D eigenvalue weighted by atomic mass is 10.2. The van der Waals surface area contributed by atoms with Crippen molar-refractivity contribution in [2.75, 3.05) is 0 Å². The Kier molecular flexibility index (Phi) is 3.46. The van der Waals surface area contributed by atoms with Crippen LogP contribution in [0.1, 0.15) is 12.0 Å². The van der Waals surface area contributed by atoms with Crippen LogP contribution in [0.25, 0.3) is 0 Å². The lowest BCUT2D eigenvalue weighted by molar-refractivity contribution is -0.140. The Morgan fingerprint density at radius 3 is 2.68 bits per heavy atom. The average Bonchev–Trinajstić information content (AvgIpc) is 2.59. The molecule has 1 atom stereocenters. The summed E-state index contributed by atoms with van der Waals surface area (Å²) in [5, 5.41) is 10.9. The number of imide groups is 1. The van der Waals surface area contributed by atoms with Gasteiger partial charge < -0.3 is 10.4 Å². The Bertz CT molecular complexity index is 546. The van der Waals surface area contributed by atoms with E-state index >= 15 is 0 Å². The molecule has 6 nitrogen and oxygen atoms in total. The van der Waals surface area contributed by atoms with Gasteiger partial charge in [0.1, 0.15) is 11.9 Å². The molecule has 1 heterocycles. The standard InChI is InChI=1S/C12H11FN2O4/c13-8-4-2-1-3-7(8)6-15-11(18)9(5-10(16)17)14-12(15)19/h1-4,9H,5-6H2,(H,14,19)(H,16,17)/t9-/m0/s1. The van der Waals surface area contributed by atoms with Crippen LogP contribution in [-0.4, -0.2) is 34.0 Å². The van der Waals surface area contributed by atoms with Crippen molar-refractivity contribution in [1.82, 2.24) is 10.2 Å². The van der Waals surface area contributed by atoms with E-state index in [0.29, 0.717) is 0 Å². The van der Waals surface area contributed by atoms with E-state index in [9.17, 15) is 18.8 Å². The Morgan fingerprint density at radius 1 is 1.37 bits per heavy atom. The quantitative estimate of drug-likeness (QED) is 0.786. The van der Waals surface area contributed by atoms with Crippen molar-refractivity contribution in [2.45, 2.75) is 19.0 Å². The van der Waals surface area contributed by atoms with Crippen LogP contribution in [0.5, 0.6) is 0 Å². The van der Waals surface area contributed by atoms with E-state index in [1.54, 1.807) is 6.07 Å². The minimum atomic E-state index is -1.19. The van der Waals surface area contributed by atoms with Gasteiger partial charge in [0, 0.05) is 5.56 Å². The Labute approximate surface area is 107 Å². The second-order valence-electron chi connectivity index (χ2n) is 4.12. The van der Waals surface area contributed by atoms with Crippen LogP contribution in [0.2, 0.25) is 0 Å². The second kappa shape index (κ2) is 5.05. The van der Waals surface area contributed by atoms with E-state index in [2.05, 4.69) is 5.32 Å². The number of urea groups is 1. The summed E-state index contributed by atoms with van der Waals surface area (Å²) in [6.07, 6.45) is -0.488. The van der Waals surface area contributed by atoms with Gasteiger partial charge in [-0.1, -0.05) is 18.2 Å². The van der Waals surface area contributed by atoms with Gasteiger partial charge in [-0.15, -0.1) is 0 Å². The summed E-state index contributed by atoms with van der Waals surface area (Å²) in [7, 11) is 0. The third kappa shape index (κ3) is 2.70. The highest BCUT2D eigenvalue weighted by Crippen LogP contribution is 2.15. The van der Waals surface area contributed by atoms with E-state index in [1.807, 2.05) is 0 Å². The van der Waals surface area contributed by atoms with Crippen molar-refractivity contribution in [3.8, 4) is 0 Å². The van der Waals surface area contributed by atoms with Crippen molar-refractivity contribution in [3.63, 3.8) is 0 Å². The summed E-state index contributed by atoms with van der Waals surface area (Å²) in [6.45, 7) is -0.215. The molecule has 0 aromatic heterocycles. The Morgan fingerprint density at radius 2 is 2.05 bits per heavy atom. The number of hydrogen-bond acceptors (Lipinski definition) is 3. The zero-order valence-electron chi connectivity index (χ0n) is 9.80. The monoisotopic (exact) mass is 266 g/mol. The van der Waals surface area contributed by atoms with Gasteiger partial charge in [0.05, 0.1) is 13.0 Å². The minimum Gasteiger partial charge on any atom is -0.481 e. The van der Waals surface area contributed by atoms with Crippen LogP contribution < -0.4 is 5.32 Å². The molecule has 1 aliphatic heterocycles. The molecule has 1 saturated heterocycles. The lowest BCUT2D eigenvalue weighted by Gasteiger charge is -2.13. The number of nitrogens with zero attached hydrogens (tertiary/aromatic N) is 1. The molecule has 0 saturated carbocycles. The van der Waals surface area contributed by atoms with Crippen molar-refractivity contribution >= 4 is 17.9 Å². The molecular weight excluding hydrogens is 255 g/mol. The largest absolute Gasteiger partial charge is 0.481 e. The zero-order valence-corrected chi connectivity index (χ0v) is 9.80. The molecule has 1 aliphatic rings. The molecule has 1 aromatic rings. The lowest BCUT2D eigenvalue weighted by Crippen LogP contribution is -2.32. The molecule has 1 fully saturated rings. The van der Waals surface area contributed by atoms with Crippen LogP contribution in [0, 0.1) is 5.82 Å². The average molecular weight is 266 g/mol. The number of carboxylic acids is 1. The number of carbonyl (C=O) groups is 3.